The highest BCUT2D eigenvalue weighted by Gasteiger charge is 2.06. The Hall–Kier alpha value is -0.730. The van der Waals surface area contributed by atoms with E-state index < -0.39 is 0 Å². The van der Waals surface area contributed by atoms with Gasteiger partial charge in [0, 0.05) is 6.42 Å². The van der Waals surface area contributed by atoms with Gasteiger partial charge in [-0.3, -0.25) is 0 Å². The highest BCUT2D eigenvalue weighted by Crippen LogP contribution is 2.33. The minimum absolute atomic E-state index is 0.0892. The van der Waals surface area contributed by atoms with Crippen LogP contribution in [0.1, 0.15) is 25.3 Å². The molecule has 0 bridgehead atoms. The second-order valence-corrected chi connectivity index (χ2v) is 4.28. The van der Waals surface area contributed by atoms with E-state index >= 15 is 0 Å². The van der Waals surface area contributed by atoms with Gasteiger partial charge in [-0.25, -0.2) is 0 Å². The summed E-state index contributed by atoms with van der Waals surface area (Å²) in [5.41, 5.74) is 0.934. The van der Waals surface area contributed by atoms with Crippen LogP contribution >= 0.6 is 23.2 Å². The molecular formula is C11H12Cl2O2. The van der Waals surface area contributed by atoms with Gasteiger partial charge < -0.3 is 9.90 Å². The van der Waals surface area contributed by atoms with Gasteiger partial charge in [0.15, 0.2) is 5.75 Å². The van der Waals surface area contributed by atoms with Gasteiger partial charge in [-0.2, -0.15) is 0 Å². The van der Waals surface area contributed by atoms with E-state index in [9.17, 15) is 9.90 Å². The number of carbonyl (C=O) groups is 1. The molecule has 15 heavy (non-hydrogen) atoms. The Morgan fingerprint density at radius 1 is 1.33 bits per heavy atom. The summed E-state index contributed by atoms with van der Waals surface area (Å²) in [6.07, 6.45) is 2.06. The lowest BCUT2D eigenvalue weighted by atomic mass is 10.1. The molecule has 0 aromatic heterocycles. The van der Waals surface area contributed by atoms with Gasteiger partial charge in [0.1, 0.15) is 5.78 Å². The number of Topliss-reactive ketones (excluding diaryl/α,β-unsaturated/α-hetero) is 1. The van der Waals surface area contributed by atoms with Crippen LogP contribution in [0.3, 0.4) is 0 Å². The molecule has 0 saturated carbocycles. The third-order valence-corrected chi connectivity index (χ3v) is 2.65. The van der Waals surface area contributed by atoms with Crippen molar-refractivity contribution in [1.29, 1.82) is 0 Å². The minimum Gasteiger partial charge on any atom is -0.505 e. The Labute approximate surface area is 98.8 Å². The zero-order valence-electron chi connectivity index (χ0n) is 8.39. The number of hydrogen-bond acceptors (Lipinski definition) is 2. The SMILES string of the molecule is CC(=O)CCCc1cc(Cl)c(O)c(Cl)c1. The number of carbonyl (C=O) groups excluding carboxylic acids is 1. The third kappa shape index (κ3) is 3.73. The summed E-state index contributed by atoms with van der Waals surface area (Å²) in [5, 5.41) is 9.83. The van der Waals surface area contributed by atoms with Crippen molar-refractivity contribution >= 4 is 29.0 Å². The maximum absolute atomic E-state index is 10.7. The van der Waals surface area contributed by atoms with Crippen LogP contribution < -0.4 is 0 Å². The van der Waals surface area contributed by atoms with E-state index in [1.807, 2.05) is 0 Å². The quantitative estimate of drug-likeness (QED) is 0.882. The molecule has 2 nitrogen and oxygen atoms in total. The monoisotopic (exact) mass is 246 g/mol. The van der Waals surface area contributed by atoms with Crippen molar-refractivity contribution in [2.75, 3.05) is 0 Å². The molecule has 0 atom stereocenters. The summed E-state index contributed by atoms with van der Waals surface area (Å²) in [6, 6.07) is 3.34. The van der Waals surface area contributed by atoms with E-state index in [4.69, 9.17) is 23.2 Å². The molecule has 0 aliphatic carbocycles. The molecule has 0 aliphatic heterocycles. The molecule has 0 radical (unpaired) electrons. The maximum atomic E-state index is 10.7. The van der Waals surface area contributed by atoms with Crippen LogP contribution in [0.2, 0.25) is 10.0 Å². The van der Waals surface area contributed by atoms with Crippen molar-refractivity contribution in [3.8, 4) is 5.75 Å². The molecule has 82 valence electrons. The zero-order chi connectivity index (χ0) is 11.4. The summed E-state index contributed by atoms with van der Waals surface area (Å²) < 4.78 is 0. The van der Waals surface area contributed by atoms with E-state index in [0.717, 1.165) is 18.4 Å². The fourth-order valence-electron chi connectivity index (χ4n) is 1.30. The smallest absolute Gasteiger partial charge is 0.152 e. The number of hydrogen-bond donors (Lipinski definition) is 1. The standard InChI is InChI=1S/C11H12Cl2O2/c1-7(14)3-2-4-8-5-9(12)11(15)10(13)6-8/h5-6,15H,2-4H2,1H3. The van der Waals surface area contributed by atoms with E-state index in [1.165, 1.54) is 0 Å². The molecule has 0 fully saturated rings. The predicted molar refractivity (Wildman–Crippen MR) is 61.7 cm³/mol. The average Bonchev–Trinajstić information content (AvgIpc) is 2.13. The van der Waals surface area contributed by atoms with Crippen molar-refractivity contribution < 1.29 is 9.90 Å². The summed E-state index contributed by atoms with van der Waals surface area (Å²) >= 11 is 11.5. The van der Waals surface area contributed by atoms with Crippen molar-refractivity contribution in [3.05, 3.63) is 27.7 Å². The fourth-order valence-corrected chi connectivity index (χ4v) is 1.84. The minimum atomic E-state index is -0.0892. The number of ketones is 1. The van der Waals surface area contributed by atoms with Gasteiger partial charge in [-0.15, -0.1) is 0 Å². The molecule has 0 unspecified atom stereocenters. The summed E-state index contributed by atoms with van der Waals surface area (Å²) in [7, 11) is 0. The molecule has 0 spiro atoms. The van der Waals surface area contributed by atoms with Gasteiger partial charge >= 0.3 is 0 Å². The van der Waals surface area contributed by atoms with Crippen LogP contribution in [0.15, 0.2) is 12.1 Å². The largest absolute Gasteiger partial charge is 0.505 e. The summed E-state index contributed by atoms with van der Waals surface area (Å²) in [5.74, 6) is 0.0830. The first kappa shape index (κ1) is 12.3. The number of aromatic hydroxyl groups is 1. The van der Waals surface area contributed by atoms with Crippen LogP contribution in [-0.4, -0.2) is 10.9 Å². The van der Waals surface area contributed by atoms with Crippen LogP contribution in [0.25, 0.3) is 0 Å². The van der Waals surface area contributed by atoms with Gasteiger partial charge in [0.05, 0.1) is 10.0 Å². The molecule has 1 rings (SSSR count). The van der Waals surface area contributed by atoms with E-state index in [0.29, 0.717) is 6.42 Å². The van der Waals surface area contributed by atoms with Crippen molar-refractivity contribution in [2.45, 2.75) is 26.2 Å². The highest BCUT2D eigenvalue weighted by atomic mass is 35.5. The predicted octanol–water partition coefficient (Wildman–Crippen LogP) is 3.61. The van der Waals surface area contributed by atoms with Gasteiger partial charge in [0.2, 0.25) is 0 Å². The van der Waals surface area contributed by atoms with Gasteiger partial charge in [-0.1, -0.05) is 23.2 Å². The van der Waals surface area contributed by atoms with Crippen LogP contribution in [0, 0.1) is 0 Å². The third-order valence-electron chi connectivity index (χ3n) is 2.07. The number of phenolic OH excluding ortho intramolecular Hbond substituents is 1. The van der Waals surface area contributed by atoms with Gasteiger partial charge in [0.25, 0.3) is 0 Å². The molecule has 0 heterocycles. The first-order valence-electron chi connectivity index (χ1n) is 4.67. The number of aryl methyl sites for hydroxylation is 1. The van der Waals surface area contributed by atoms with Crippen molar-refractivity contribution in [3.63, 3.8) is 0 Å². The van der Waals surface area contributed by atoms with E-state index in [1.54, 1.807) is 19.1 Å². The lowest BCUT2D eigenvalue weighted by molar-refractivity contribution is -0.117. The molecule has 1 aromatic carbocycles. The average molecular weight is 247 g/mol. The van der Waals surface area contributed by atoms with E-state index in [-0.39, 0.29) is 21.6 Å². The fraction of sp³-hybridized carbons (Fsp3) is 0.364. The van der Waals surface area contributed by atoms with E-state index in [2.05, 4.69) is 0 Å². The Balaban J connectivity index is 2.66. The molecular weight excluding hydrogens is 235 g/mol. The summed E-state index contributed by atoms with van der Waals surface area (Å²) in [4.78, 5) is 10.7. The number of benzene rings is 1. The van der Waals surface area contributed by atoms with Crippen LogP contribution in [-0.2, 0) is 11.2 Å². The molecule has 0 amide bonds. The van der Waals surface area contributed by atoms with Crippen molar-refractivity contribution in [2.24, 2.45) is 0 Å². The second-order valence-electron chi connectivity index (χ2n) is 3.46. The Morgan fingerprint density at radius 2 is 1.87 bits per heavy atom. The molecule has 0 aliphatic rings. The zero-order valence-corrected chi connectivity index (χ0v) is 9.90. The first-order chi connectivity index (χ1) is 7.00. The topological polar surface area (TPSA) is 37.3 Å². The van der Waals surface area contributed by atoms with Crippen LogP contribution in [0.4, 0.5) is 0 Å². The lowest BCUT2D eigenvalue weighted by Crippen LogP contribution is -1.92. The maximum Gasteiger partial charge on any atom is 0.152 e. The number of phenols is 1. The molecule has 4 heteroatoms. The molecule has 1 N–H and O–H groups in total. The normalized spacial score (nSPS) is 10.3. The second kappa shape index (κ2) is 5.38. The summed E-state index contributed by atoms with van der Waals surface area (Å²) in [6.45, 7) is 1.57. The lowest BCUT2D eigenvalue weighted by Gasteiger charge is -2.04. The molecule has 1 aromatic rings. The van der Waals surface area contributed by atoms with Gasteiger partial charge in [-0.05, 0) is 37.5 Å². The first-order valence-corrected chi connectivity index (χ1v) is 5.42. The van der Waals surface area contributed by atoms with Crippen molar-refractivity contribution in [1.82, 2.24) is 0 Å². The highest BCUT2D eigenvalue weighted by molar-refractivity contribution is 6.37. The number of halogens is 2. The Morgan fingerprint density at radius 3 is 2.33 bits per heavy atom. The Kier molecular flexibility index (Phi) is 4.43. The number of rotatable bonds is 4. The molecule has 0 saturated heterocycles. The van der Waals surface area contributed by atoms with Crippen LogP contribution in [0.5, 0.6) is 5.75 Å². The Bertz CT molecular complexity index is 352.